The van der Waals surface area contributed by atoms with E-state index in [1.807, 2.05) is 0 Å². The first-order valence-electron chi connectivity index (χ1n) is 33.8. The van der Waals surface area contributed by atoms with Crippen LogP contribution in [0.1, 0.15) is 335 Å². The maximum atomic E-state index is 12.4. The third-order valence-electron chi connectivity index (χ3n) is 14.9. The Morgan fingerprint density at radius 3 is 0.846 bits per heavy atom. The van der Waals surface area contributed by atoms with Crippen molar-refractivity contribution in [3.8, 4) is 0 Å². The quantitative estimate of drug-likeness (QED) is 0.0373. The van der Waals surface area contributed by atoms with Crippen LogP contribution in [0.4, 0.5) is 0 Å². The highest BCUT2D eigenvalue weighted by molar-refractivity contribution is 5.70. The van der Waals surface area contributed by atoms with Gasteiger partial charge < -0.3 is 14.6 Å². The zero-order valence-corrected chi connectivity index (χ0v) is 51.7. The first kappa shape index (κ1) is 74.8. The minimum Gasteiger partial charge on any atom is -0.462 e. The van der Waals surface area contributed by atoms with Crippen LogP contribution in [-0.2, 0) is 19.1 Å². The Labute approximate surface area is 485 Å². The van der Waals surface area contributed by atoms with Crippen molar-refractivity contribution in [2.45, 2.75) is 341 Å². The third kappa shape index (κ3) is 65.3. The van der Waals surface area contributed by atoms with Gasteiger partial charge in [0.15, 0.2) is 6.10 Å². The number of ether oxygens (including phenoxy) is 2. The molecule has 1 unspecified atom stereocenters. The molecule has 0 heterocycles. The molecule has 0 aromatic carbocycles. The highest BCUT2D eigenvalue weighted by atomic mass is 16.6. The number of carbonyl (C=O) groups excluding carboxylic acids is 2. The van der Waals surface area contributed by atoms with Gasteiger partial charge in [-0.3, -0.25) is 9.59 Å². The van der Waals surface area contributed by atoms with Crippen molar-refractivity contribution in [3.63, 3.8) is 0 Å². The zero-order valence-electron chi connectivity index (χ0n) is 51.7. The molecule has 0 fully saturated rings. The Morgan fingerprint density at radius 1 is 0.308 bits per heavy atom. The molecule has 0 aliphatic heterocycles. The van der Waals surface area contributed by atoms with Crippen molar-refractivity contribution < 1.29 is 24.2 Å². The minimum atomic E-state index is -0.775. The second kappa shape index (κ2) is 68.1. The summed E-state index contributed by atoms with van der Waals surface area (Å²) in [6.07, 6.45) is 97.1. The number of hydrogen-bond donors (Lipinski definition) is 1. The van der Waals surface area contributed by atoms with E-state index >= 15 is 0 Å². The monoisotopic (exact) mass is 1080 g/mol. The van der Waals surface area contributed by atoms with Gasteiger partial charge >= 0.3 is 11.9 Å². The van der Waals surface area contributed by atoms with E-state index in [0.29, 0.717) is 12.8 Å². The fraction of sp³-hybridized carbons (Fsp3) is 0.753. The molecule has 1 atom stereocenters. The van der Waals surface area contributed by atoms with E-state index in [2.05, 4.69) is 111 Å². The number of hydrogen-bond acceptors (Lipinski definition) is 5. The van der Waals surface area contributed by atoms with Crippen LogP contribution in [0.25, 0.3) is 0 Å². The highest BCUT2D eigenvalue weighted by Crippen LogP contribution is 2.17. The fourth-order valence-corrected chi connectivity index (χ4v) is 9.83. The second-order valence-electron chi connectivity index (χ2n) is 22.5. The summed E-state index contributed by atoms with van der Waals surface area (Å²) in [5.41, 5.74) is 0. The average Bonchev–Trinajstić information content (AvgIpc) is 3.44. The molecule has 0 aliphatic carbocycles. The molecular formula is C73H128O5. The summed E-state index contributed by atoms with van der Waals surface area (Å²) in [5.74, 6) is -0.578. The Bertz CT molecular complexity index is 1460. The van der Waals surface area contributed by atoms with E-state index in [1.54, 1.807) is 0 Å². The van der Waals surface area contributed by atoms with Gasteiger partial charge in [-0.1, -0.05) is 323 Å². The van der Waals surface area contributed by atoms with Crippen LogP contribution >= 0.6 is 0 Å². The molecule has 0 bridgehead atoms. The van der Waals surface area contributed by atoms with Crippen LogP contribution in [0.2, 0.25) is 0 Å². The van der Waals surface area contributed by atoms with Crippen molar-refractivity contribution in [2.24, 2.45) is 0 Å². The predicted molar refractivity (Wildman–Crippen MR) is 343 cm³/mol. The van der Waals surface area contributed by atoms with Crippen LogP contribution in [0.5, 0.6) is 0 Å². The lowest BCUT2D eigenvalue weighted by atomic mass is 10.0. The average molecular weight is 1090 g/mol. The highest BCUT2D eigenvalue weighted by Gasteiger charge is 2.16. The number of allylic oxidation sites excluding steroid dienone is 16. The number of aliphatic hydroxyl groups excluding tert-OH is 1. The zero-order chi connectivity index (χ0) is 56.2. The van der Waals surface area contributed by atoms with E-state index in [-0.39, 0.29) is 25.2 Å². The van der Waals surface area contributed by atoms with Crippen molar-refractivity contribution in [1.29, 1.82) is 0 Å². The number of rotatable bonds is 62. The summed E-state index contributed by atoms with van der Waals surface area (Å²) < 4.78 is 10.7. The van der Waals surface area contributed by atoms with Gasteiger partial charge in [0.2, 0.25) is 0 Å². The molecule has 0 aliphatic rings. The Hall–Kier alpha value is -3.18. The predicted octanol–water partition coefficient (Wildman–Crippen LogP) is 23.4. The summed E-state index contributed by atoms with van der Waals surface area (Å²) in [6.45, 7) is 4.06. The molecule has 0 radical (unpaired) electrons. The van der Waals surface area contributed by atoms with Gasteiger partial charge in [0.05, 0.1) is 6.61 Å². The summed E-state index contributed by atoms with van der Waals surface area (Å²) >= 11 is 0. The van der Waals surface area contributed by atoms with E-state index in [9.17, 15) is 14.7 Å². The summed E-state index contributed by atoms with van der Waals surface area (Å²) in [6, 6.07) is 0. The summed E-state index contributed by atoms with van der Waals surface area (Å²) in [7, 11) is 0. The van der Waals surface area contributed by atoms with Gasteiger partial charge in [-0.05, 0) is 96.3 Å². The molecule has 0 aromatic rings. The van der Waals surface area contributed by atoms with Crippen molar-refractivity contribution in [1.82, 2.24) is 0 Å². The molecule has 0 aromatic heterocycles. The second-order valence-corrected chi connectivity index (χ2v) is 22.5. The Morgan fingerprint density at radius 2 is 0.551 bits per heavy atom. The molecule has 1 N–H and O–H groups in total. The lowest BCUT2D eigenvalue weighted by molar-refractivity contribution is -0.161. The lowest BCUT2D eigenvalue weighted by Gasteiger charge is -2.15. The van der Waals surface area contributed by atoms with Gasteiger partial charge in [-0.2, -0.15) is 0 Å². The first-order valence-corrected chi connectivity index (χ1v) is 33.8. The van der Waals surface area contributed by atoms with Crippen LogP contribution in [0.3, 0.4) is 0 Å². The normalized spacial score (nSPS) is 12.8. The van der Waals surface area contributed by atoms with Crippen LogP contribution < -0.4 is 0 Å². The van der Waals surface area contributed by atoms with Crippen molar-refractivity contribution >= 4 is 11.9 Å². The molecule has 78 heavy (non-hydrogen) atoms. The summed E-state index contributed by atoms with van der Waals surface area (Å²) in [5, 5.41) is 9.69. The Balaban J connectivity index is 3.45. The molecule has 0 saturated carbocycles. The third-order valence-corrected chi connectivity index (χ3v) is 14.9. The smallest absolute Gasteiger partial charge is 0.306 e. The minimum absolute atomic E-state index is 0.0647. The molecule has 5 nitrogen and oxygen atoms in total. The van der Waals surface area contributed by atoms with E-state index < -0.39 is 6.10 Å². The molecule has 0 saturated heterocycles. The first-order chi connectivity index (χ1) is 38.6. The van der Waals surface area contributed by atoms with Crippen molar-refractivity contribution in [2.75, 3.05) is 13.2 Å². The topological polar surface area (TPSA) is 72.8 Å². The van der Waals surface area contributed by atoms with E-state index in [0.717, 1.165) is 83.5 Å². The van der Waals surface area contributed by atoms with Gasteiger partial charge in [-0.25, -0.2) is 0 Å². The van der Waals surface area contributed by atoms with Crippen LogP contribution in [-0.4, -0.2) is 36.4 Å². The van der Waals surface area contributed by atoms with Gasteiger partial charge in [-0.15, -0.1) is 0 Å². The number of aliphatic hydroxyl groups is 1. The van der Waals surface area contributed by atoms with Crippen molar-refractivity contribution in [3.05, 3.63) is 97.2 Å². The van der Waals surface area contributed by atoms with E-state index in [4.69, 9.17) is 9.47 Å². The van der Waals surface area contributed by atoms with Gasteiger partial charge in [0.1, 0.15) is 6.61 Å². The van der Waals surface area contributed by atoms with Crippen LogP contribution in [0, 0.1) is 0 Å². The molecule has 5 heteroatoms. The maximum Gasteiger partial charge on any atom is 0.306 e. The van der Waals surface area contributed by atoms with Crippen LogP contribution in [0.15, 0.2) is 97.2 Å². The molecule has 450 valence electrons. The molecule has 0 spiro atoms. The largest absolute Gasteiger partial charge is 0.462 e. The number of esters is 2. The molecule has 0 amide bonds. The fourth-order valence-electron chi connectivity index (χ4n) is 9.83. The maximum absolute atomic E-state index is 12.4. The SMILES string of the molecule is CC/C=C\C/C=C\C/C=C\C/C=C\C/C=C\C/C=C\C/C=C\CCCCCCCCCCCCCCCCCCCCCC(=O)OC(CO)COC(=O)CCCCCCCCCCCCC/C=C\CCCCCCCCCC. The van der Waals surface area contributed by atoms with Gasteiger partial charge in [0, 0.05) is 12.8 Å². The Kier molecular flexibility index (Phi) is 65.3. The van der Waals surface area contributed by atoms with Gasteiger partial charge in [0.25, 0.3) is 0 Å². The standard InChI is InChI=1S/C73H128O5/c1-3-5-7-9-11-13-15-17-19-21-23-25-27-28-29-30-31-32-33-34-35-36-37-38-39-40-41-42-43-44-46-48-50-52-54-56-58-60-62-64-66-68-73(76)78-71(69-74)70-77-72(75)67-65-63-61-59-57-55-53-51-49-47-45-26-24-22-20-18-16-14-12-10-8-6-4-2/h5,7,11,13,17,19,22-25,28-29,31-32,34-35,71,74H,3-4,6,8-10,12,14-16,18,20-21,26-27,30,33,36-70H2,1-2H3/b7-5-,13-11-,19-17-,24-22-,25-23-,29-28-,32-31-,35-34-. The molecular weight excluding hydrogens is 957 g/mol. The lowest BCUT2D eigenvalue weighted by Crippen LogP contribution is -2.28. The number of unbranched alkanes of at least 4 members (excludes halogenated alkanes) is 38. The van der Waals surface area contributed by atoms with E-state index in [1.165, 1.54) is 225 Å². The summed E-state index contributed by atoms with van der Waals surface area (Å²) in [4.78, 5) is 24.6. The number of carbonyl (C=O) groups is 2. The molecule has 0 rings (SSSR count).